The van der Waals surface area contributed by atoms with Crippen molar-refractivity contribution in [2.45, 2.75) is 57.1 Å². The maximum Gasteiger partial charge on any atom is 0.262 e. The molecular weight excluding hydrogens is 388 g/mol. The number of hydrogen-bond acceptors (Lipinski definition) is 4. The van der Waals surface area contributed by atoms with Gasteiger partial charge in [0.15, 0.2) is 5.16 Å². The second-order valence-corrected chi connectivity index (χ2v) is 7.83. The molecule has 132 valence electrons. The second-order valence-electron chi connectivity index (χ2n) is 5.85. The van der Waals surface area contributed by atoms with Crippen LogP contribution in [0.15, 0.2) is 32.6 Å². The van der Waals surface area contributed by atoms with Crippen molar-refractivity contribution in [1.29, 1.82) is 0 Å². The molecule has 0 fully saturated rings. The van der Waals surface area contributed by atoms with Gasteiger partial charge in [-0.15, -0.1) is 0 Å². The number of aromatic nitrogens is 2. The summed E-state index contributed by atoms with van der Waals surface area (Å²) in [5.41, 5.74) is 0.808. The zero-order valence-electron chi connectivity index (χ0n) is 14.1. The zero-order valence-corrected chi connectivity index (χ0v) is 16.5. The van der Waals surface area contributed by atoms with Crippen LogP contribution >= 0.6 is 27.7 Å². The van der Waals surface area contributed by atoms with Crippen molar-refractivity contribution < 1.29 is 5.11 Å². The molecule has 1 heterocycles. The predicted molar refractivity (Wildman–Crippen MR) is 105 cm³/mol. The third-order valence-electron chi connectivity index (χ3n) is 3.90. The van der Waals surface area contributed by atoms with E-state index < -0.39 is 0 Å². The number of rotatable bonds is 10. The first kappa shape index (κ1) is 19.5. The number of unbranched alkanes of at least 4 members (excludes halogenated alkanes) is 4. The Kier molecular flexibility index (Phi) is 8.29. The number of aliphatic hydroxyl groups is 1. The van der Waals surface area contributed by atoms with Crippen LogP contribution in [-0.4, -0.2) is 27.0 Å². The summed E-state index contributed by atoms with van der Waals surface area (Å²) in [7, 11) is 0. The van der Waals surface area contributed by atoms with Crippen molar-refractivity contribution in [2.75, 3.05) is 12.4 Å². The van der Waals surface area contributed by atoms with Gasteiger partial charge in [-0.3, -0.25) is 9.36 Å². The summed E-state index contributed by atoms with van der Waals surface area (Å²) in [5, 5.41) is 10.3. The van der Waals surface area contributed by atoms with Crippen LogP contribution in [0.4, 0.5) is 0 Å². The Hall–Kier alpha value is -0.850. The number of nitrogens with zero attached hydrogens (tertiary/aromatic N) is 2. The molecule has 0 aliphatic heterocycles. The first-order valence-corrected chi connectivity index (χ1v) is 10.4. The van der Waals surface area contributed by atoms with Crippen molar-refractivity contribution >= 4 is 38.6 Å². The van der Waals surface area contributed by atoms with E-state index in [4.69, 9.17) is 10.1 Å². The van der Waals surface area contributed by atoms with Crippen molar-refractivity contribution in [1.82, 2.24) is 9.55 Å². The molecule has 0 amide bonds. The monoisotopic (exact) mass is 412 g/mol. The number of aliphatic hydroxyl groups excluding tert-OH is 1. The van der Waals surface area contributed by atoms with Crippen molar-refractivity contribution in [3.8, 4) is 0 Å². The maximum absolute atomic E-state index is 12.9. The van der Waals surface area contributed by atoms with Gasteiger partial charge in [-0.2, -0.15) is 0 Å². The average Bonchev–Trinajstić information content (AvgIpc) is 2.58. The van der Waals surface area contributed by atoms with Crippen molar-refractivity contribution in [2.24, 2.45) is 0 Å². The molecule has 1 N–H and O–H groups in total. The summed E-state index contributed by atoms with van der Waals surface area (Å²) >= 11 is 5.09. The minimum absolute atomic E-state index is 0.0512. The highest BCUT2D eigenvalue weighted by atomic mass is 79.9. The Bertz CT molecular complexity index is 718. The highest BCUT2D eigenvalue weighted by Gasteiger charge is 2.11. The third-order valence-corrected chi connectivity index (χ3v) is 5.46. The zero-order chi connectivity index (χ0) is 17.4. The Morgan fingerprint density at radius 2 is 2.04 bits per heavy atom. The van der Waals surface area contributed by atoms with Crippen LogP contribution in [-0.2, 0) is 6.54 Å². The van der Waals surface area contributed by atoms with E-state index in [9.17, 15) is 4.79 Å². The van der Waals surface area contributed by atoms with E-state index in [0.717, 1.165) is 66.0 Å². The molecule has 24 heavy (non-hydrogen) atoms. The third kappa shape index (κ3) is 5.33. The van der Waals surface area contributed by atoms with E-state index in [0.29, 0.717) is 5.39 Å². The smallest absolute Gasteiger partial charge is 0.262 e. The van der Waals surface area contributed by atoms with Gasteiger partial charge in [0.05, 0.1) is 10.9 Å². The molecule has 0 aliphatic rings. The fraction of sp³-hybridized carbons (Fsp3) is 0.556. The van der Waals surface area contributed by atoms with Crippen LogP contribution in [0, 0.1) is 0 Å². The van der Waals surface area contributed by atoms with E-state index in [1.807, 2.05) is 22.8 Å². The van der Waals surface area contributed by atoms with Crippen LogP contribution in [0.2, 0.25) is 0 Å². The average molecular weight is 413 g/mol. The van der Waals surface area contributed by atoms with E-state index in [1.54, 1.807) is 11.8 Å². The lowest BCUT2D eigenvalue weighted by Crippen LogP contribution is -2.23. The first-order valence-electron chi connectivity index (χ1n) is 8.61. The predicted octanol–water partition coefficient (Wildman–Crippen LogP) is 4.60. The largest absolute Gasteiger partial charge is 0.396 e. The van der Waals surface area contributed by atoms with Crippen LogP contribution < -0.4 is 5.56 Å². The number of benzene rings is 1. The van der Waals surface area contributed by atoms with Crippen LogP contribution in [0.5, 0.6) is 0 Å². The van der Waals surface area contributed by atoms with Crippen molar-refractivity contribution in [3.05, 3.63) is 33.0 Å². The Labute approximate surface area is 155 Å². The van der Waals surface area contributed by atoms with Gasteiger partial charge in [0.1, 0.15) is 0 Å². The van der Waals surface area contributed by atoms with Gasteiger partial charge in [-0.25, -0.2) is 4.98 Å². The summed E-state index contributed by atoms with van der Waals surface area (Å²) in [5.74, 6) is 0.919. The van der Waals surface area contributed by atoms with Crippen LogP contribution in [0.3, 0.4) is 0 Å². The molecule has 4 nitrogen and oxygen atoms in total. The lowest BCUT2D eigenvalue weighted by molar-refractivity contribution is 0.284. The minimum Gasteiger partial charge on any atom is -0.396 e. The molecular formula is C18H25BrN2O2S. The molecule has 0 aliphatic carbocycles. The summed E-state index contributed by atoms with van der Waals surface area (Å²) in [6.07, 6.45) is 6.10. The van der Waals surface area contributed by atoms with E-state index in [-0.39, 0.29) is 12.2 Å². The minimum atomic E-state index is 0.0512. The SMILES string of the molecule is CCCCCn1c(SCCCCCO)nc2ccc(Br)cc2c1=O. The summed E-state index contributed by atoms with van der Waals surface area (Å²) < 4.78 is 2.74. The van der Waals surface area contributed by atoms with E-state index >= 15 is 0 Å². The standard InChI is InChI=1S/C18H25BrN2O2S/c1-2-3-5-10-21-17(23)15-13-14(19)8-9-16(15)20-18(21)24-12-7-4-6-11-22/h8-9,13,22H,2-7,10-12H2,1H3. The molecule has 0 unspecified atom stereocenters. The quantitative estimate of drug-likeness (QED) is 0.351. The van der Waals surface area contributed by atoms with Gasteiger partial charge in [0.2, 0.25) is 0 Å². The fourth-order valence-corrected chi connectivity index (χ4v) is 3.94. The molecule has 0 saturated heterocycles. The highest BCUT2D eigenvalue weighted by Crippen LogP contribution is 2.22. The molecule has 2 aromatic rings. The Morgan fingerprint density at radius 3 is 2.79 bits per heavy atom. The second kappa shape index (κ2) is 10.2. The fourth-order valence-electron chi connectivity index (χ4n) is 2.55. The molecule has 1 aromatic carbocycles. The molecule has 0 spiro atoms. The lowest BCUT2D eigenvalue weighted by atomic mass is 10.2. The normalized spacial score (nSPS) is 11.3. The summed E-state index contributed by atoms with van der Waals surface area (Å²) in [4.78, 5) is 17.6. The van der Waals surface area contributed by atoms with Gasteiger partial charge < -0.3 is 5.11 Å². The Balaban J connectivity index is 2.26. The number of hydrogen-bond donors (Lipinski definition) is 1. The van der Waals surface area contributed by atoms with Gasteiger partial charge in [0, 0.05) is 23.4 Å². The van der Waals surface area contributed by atoms with Gasteiger partial charge >= 0.3 is 0 Å². The van der Waals surface area contributed by atoms with Gasteiger partial charge in [-0.1, -0.05) is 53.9 Å². The van der Waals surface area contributed by atoms with E-state index in [2.05, 4.69) is 22.9 Å². The highest BCUT2D eigenvalue weighted by molar-refractivity contribution is 9.10. The number of thioether (sulfide) groups is 1. The Morgan fingerprint density at radius 1 is 1.21 bits per heavy atom. The number of halogens is 1. The van der Waals surface area contributed by atoms with E-state index in [1.165, 1.54) is 0 Å². The first-order chi connectivity index (χ1) is 11.7. The van der Waals surface area contributed by atoms with Gasteiger partial charge in [-0.05, 0) is 37.5 Å². The molecule has 0 bridgehead atoms. The number of fused-ring (bicyclic) bond motifs is 1. The molecule has 0 radical (unpaired) electrons. The molecule has 0 atom stereocenters. The molecule has 6 heteroatoms. The summed E-state index contributed by atoms with van der Waals surface area (Å²) in [6.45, 7) is 3.13. The topological polar surface area (TPSA) is 55.1 Å². The van der Waals surface area contributed by atoms with Crippen LogP contribution in [0.25, 0.3) is 10.9 Å². The molecule has 2 rings (SSSR count). The molecule has 1 aromatic heterocycles. The van der Waals surface area contributed by atoms with Crippen LogP contribution in [0.1, 0.15) is 45.4 Å². The molecule has 0 saturated carbocycles. The maximum atomic E-state index is 12.9. The summed E-state index contributed by atoms with van der Waals surface area (Å²) in [6, 6.07) is 5.68. The van der Waals surface area contributed by atoms with Crippen molar-refractivity contribution in [3.63, 3.8) is 0 Å². The lowest BCUT2D eigenvalue weighted by Gasteiger charge is -2.13. The van der Waals surface area contributed by atoms with Gasteiger partial charge in [0.25, 0.3) is 5.56 Å².